The highest BCUT2D eigenvalue weighted by Crippen LogP contribution is 2.48. The van der Waals surface area contributed by atoms with Gasteiger partial charge in [0.1, 0.15) is 6.23 Å². The van der Waals surface area contributed by atoms with E-state index < -0.39 is 12.3 Å². The number of para-hydroxylation sites is 1. The molecule has 3 heteroatoms. The van der Waals surface area contributed by atoms with Gasteiger partial charge in [0, 0.05) is 11.6 Å². The van der Waals surface area contributed by atoms with E-state index >= 15 is 0 Å². The average Bonchev–Trinajstić information content (AvgIpc) is 2.73. The summed E-state index contributed by atoms with van der Waals surface area (Å²) in [5.41, 5.74) is 3.16. The summed E-state index contributed by atoms with van der Waals surface area (Å²) in [4.78, 5) is 2.08. The third-order valence-corrected chi connectivity index (χ3v) is 5.53. The summed E-state index contributed by atoms with van der Waals surface area (Å²) in [5.74, 6) is 0.0889. The molecule has 0 amide bonds. The molecule has 4 atom stereocenters. The summed E-state index contributed by atoms with van der Waals surface area (Å²) in [5, 5.41) is 21.4. The molecule has 3 aromatic carbocycles. The molecule has 27 heavy (non-hydrogen) atoms. The Labute approximate surface area is 160 Å². The van der Waals surface area contributed by atoms with Crippen LogP contribution in [0.5, 0.6) is 0 Å². The average molecular weight is 359 g/mol. The van der Waals surface area contributed by atoms with Crippen molar-refractivity contribution in [1.29, 1.82) is 0 Å². The second-order valence-corrected chi connectivity index (χ2v) is 7.18. The van der Waals surface area contributed by atoms with E-state index in [1.54, 1.807) is 0 Å². The first-order chi connectivity index (χ1) is 13.3. The summed E-state index contributed by atoms with van der Waals surface area (Å²) >= 11 is 0. The third-order valence-electron chi connectivity index (χ3n) is 5.53. The number of hydrogen-bond acceptors (Lipinski definition) is 3. The molecule has 2 N–H and O–H groups in total. The zero-order valence-corrected chi connectivity index (χ0v) is 15.2. The van der Waals surface area contributed by atoms with Crippen molar-refractivity contribution in [2.75, 3.05) is 4.90 Å². The molecular weight excluding hydrogens is 334 g/mol. The number of anilines is 1. The Morgan fingerprint density at radius 3 is 1.96 bits per heavy atom. The summed E-state index contributed by atoms with van der Waals surface area (Å²) < 4.78 is 0. The zero-order valence-electron chi connectivity index (χ0n) is 15.2. The van der Waals surface area contributed by atoms with Crippen LogP contribution in [-0.2, 0) is 0 Å². The molecule has 138 valence electrons. The van der Waals surface area contributed by atoms with Crippen LogP contribution in [-0.4, -0.2) is 16.4 Å². The van der Waals surface area contributed by atoms with E-state index in [2.05, 4.69) is 17.0 Å². The number of aliphatic hydroxyl groups excluding tert-OH is 2. The van der Waals surface area contributed by atoms with Crippen LogP contribution >= 0.6 is 0 Å². The molecule has 0 bridgehead atoms. The molecule has 1 fully saturated rings. The molecule has 4 rings (SSSR count). The fourth-order valence-electron chi connectivity index (χ4n) is 4.11. The highest BCUT2D eigenvalue weighted by Gasteiger charge is 2.48. The Kier molecular flexibility index (Phi) is 5.23. The summed E-state index contributed by atoms with van der Waals surface area (Å²) in [6, 6.07) is 30.2. The number of nitrogens with zero attached hydrogens (tertiary/aromatic N) is 1. The van der Waals surface area contributed by atoms with E-state index in [0.29, 0.717) is 6.42 Å². The highest BCUT2D eigenvalue weighted by atomic mass is 16.3. The largest absolute Gasteiger partial charge is 0.388 e. The minimum absolute atomic E-state index is 0.0889. The SMILES string of the molecule is OC1[C@H](CC[C@@H](O)c2ccccc2)[C@@H](c2ccccc2)N1c1ccccc1. The first-order valence-corrected chi connectivity index (χ1v) is 9.55. The molecule has 1 unspecified atom stereocenters. The standard InChI is InChI=1S/C24H25NO2/c26-22(18-10-4-1-5-11-18)17-16-21-23(19-12-6-2-7-13-19)25(24(21)27)20-14-8-3-9-15-20/h1-15,21-24,26-27H,16-17H2/t21-,22-,23-,24?/m1/s1. The van der Waals surface area contributed by atoms with Gasteiger partial charge in [0.15, 0.2) is 0 Å². The van der Waals surface area contributed by atoms with Crippen molar-refractivity contribution in [2.45, 2.75) is 31.2 Å². The fraction of sp³-hybridized carbons (Fsp3) is 0.250. The Morgan fingerprint density at radius 1 is 0.778 bits per heavy atom. The number of hydrogen-bond donors (Lipinski definition) is 2. The van der Waals surface area contributed by atoms with Gasteiger partial charge in [0.2, 0.25) is 0 Å². The van der Waals surface area contributed by atoms with Crippen molar-refractivity contribution in [3.05, 3.63) is 102 Å². The van der Waals surface area contributed by atoms with Crippen LogP contribution in [0.1, 0.15) is 36.1 Å². The molecule has 1 aliphatic heterocycles. The van der Waals surface area contributed by atoms with E-state index in [-0.39, 0.29) is 12.0 Å². The van der Waals surface area contributed by atoms with Gasteiger partial charge in [-0.25, -0.2) is 0 Å². The lowest BCUT2D eigenvalue weighted by Gasteiger charge is -2.54. The molecule has 0 aromatic heterocycles. The first kappa shape index (κ1) is 17.8. The van der Waals surface area contributed by atoms with Gasteiger partial charge in [0.25, 0.3) is 0 Å². The van der Waals surface area contributed by atoms with Gasteiger partial charge in [-0.1, -0.05) is 78.9 Å². The number of benzene rings is 3. The molecule has 0 saturated carbocycles. The van der Waals surface area contributed by atoms with Crippen molar-refractivity contribution < 1.29 is 10.2 Å². The van der Waals surface area contributed by atoms with Crippen LogP contribution in [0.25, 0.3) is 0 Å². The van der Waals surface area contributed by atoms with E-state index in [0.717, 1.165) is 17.7 Å². The van der Waals surface area contributed by atoms with E-state index in [1.807, 2.05) is 78.9 Å². The maximum atomic E-state index is 10.9. The Balaban J connectivity index is 1.53. The van der Waals surface area contributed by atoms with Gasteiger partial charge in [-0.15, -0.1) is 0 Å². The maximum absolute atomic E-state index is 10.9. The van der Waals surface area contributed by atoms with Crippen molar-refractivity contribution >= 4 is 5.69 Å². The molecule has 1 heterocycles. The second-order valence-electron chi connectivity index (χ2n) is 7.18. The number of rotatable bonds is 6. The lowest BCUT2D eigenvalue weighted by Crippen LogP contribution is -2.58. The molecular formula is C24H25NO2. The van der Waals surface area contributed by atoms with Crippen LogP contribution in [0.15, 0.2) is 91.0 Å². The minimum atomic E-state index is -0.541. The zero-order chi connectivity index (χ0) is 18.6. The van der Waals surface area contributed by atoms with Gasteiger partial charge < -0.3 is 15.1 Å². The topological polar surface area (TPSA) is 43.7 Å². The van der Waals surface area contributed by atoms with Crippen LogP contribution in [0, 0.1) is 5.92 Å². The van der Waals surface area contributed by atoms with E-state index in [9.17, 15) is 10.2 Å². The predicted octanol–water partition coefficient (Wildman–Crippen LogP) is 4.70. The molecule has 0 aliphatic carbocycles. The smallest absolute Gasteiger partial charge is 0.132 e. The van der Waals surface area contributed by atoms with E-state index in [4.69, 9.17) is 0 Å². The molecule has 1 saturated heterocycles. The predicted molar refractivity (Wildman–Crippen MR) is 108 cm³/mol. The Hall–Kier alpha value is -2.62. The lowest BCUT2D eigenvalue weighted by atomic mass is 9.77. The first-order valence-electron chi connectivity index (χ1n) is 9.55. The normalized spacial score (nSPS) is 22.9. The molecule has 3 aromatic rings. The number of aliphatic hydroxyl groups is 2. The van der Waals surface area contributed by atoms with E-state index in [1.165, 1.54) is 5.56 Å². The summed E-state index contributed by atoms with van der Waals surface area (Å²) in [6.07, 6.45) is 0.360. The van der Waals surface area contributed by atoms with Crippen LogP contribution < -0.4 is 4.90 Å². The van der Waals surface area contributed by atoms with Crippen molar-refractivity contribution in [3.63, 3.8) is 0 Å². The van der Waals surface area contributed by atoms with Gasteiger partial charge in [0.05, 0.1) is 12.1 Å². The van der Waals surface area contributed by atoms with Crippen molar-refractivity contribution in [1.82, 2.24) is 0 Å². The van der Waals surface area contributed by atoms with Crippen LogP contribution in [0.2, 0.25) is 0 Å². The highest BCUT2D eigenvalue weighted by molar-refractivity contribution is 5.53. The molecule has 0 spiro atoms. The van der Waals surface area contributed by atoms with Crippen molar-refractivity contribution in [2.24, 2.45) is 5.92 Å². The fourth-order valence-corrected chi connectivity index (χ4v) is 4.11. The van der Waals surface area contributed by atoms with Crippen LogP contribution in [0.3, 0.4) is 0 Å². The van der Waals surface area contributed by atoms with Crippen molar-refractivity contribution in [3.8, 4) is 0 Å². The minimum Gasteiger partial charge on any atom is -0.388 e. The van der Waals surface area contributed by atoms with Crippen LogP contribution in [0.4, 0.5) is 5.69 Å². The summed E-state index contributed by atoms with van der Waals surface area (Å²) in [7, 11) is 0. The van der Waals surface area contributed by atoms with Gasteiger partial charge in [-0.2, -0.15) is 0 Å². The quantitative estimate of drug-likeness (QED) is 0.671. The van der Waals surface area contributed by atoms with Gasteiger partial charge in [-0.05, 0) is 36.1 Å². The Bertz CT molecular complexity index is 838. The van der Waals surface area contributed by atoms with Gasteiger partial charge >= 0.3 is 0 Å². The molecule has 3 nitrogen and oxygen atoms in total. The van der Waals surface area contributed by atoms with Gasteiger partial charge in [-0.3, -0.25) is 0 Å². The lowest BCUT2D eigenvalue weighted by molar-refractivity contribution is -0.00678. The monoisotopic (exact) mass is 359 g/mol. The summed E-state index contributed by atoms with van der Waals surface area (Å²) in [6.45, 7) is 0. The Morgan fingerprint density at radius 2 is 1.33 bits per heavy atom. The second kappa shape index (κ2) is 7.95. The molecule has 0 radical (unpaired) electrons. The molecule has 1 aliphatic rings. The third kappa shape index (κ3) is 3.61. The maximum Gasteiger partial charge on any atom is 0.132 e.